The Kier molecular flexibility index (Phi) is 5.55. The van der Waals surface area contributed by atoms with E-state index in [0.29, 0.717) is 19.4 Å². The summed E-state index contributed by atoms with van der Waals surface area (Å²) in [6.45, 7) is 3.99. The van der Waals surface area contributed by atoms with Crippen LogP contribution in [0.4, 0.5) is 14.5 Å². The van der Waals surface area contributed by atoms with Crippen LogP contribution in [-0.4, -0.2) is 37.6 Å². The molecule has 0 aromatic heterocycles. The molecule has 1 spiro atoms. The van der Waals surface area contributed by atoms with E-state index in [0.717, 1.165) is 18.6 Å². The topological polar surface area (TPSA) is 81.7 Å². The number of benzene rings is 2. The van der Waals surface area contributed by atoms with E-state index in [-0.39, 0.29) is 33.0 Å². The lowest BCUT2D eigenvalue weighted by Gasteiger charge is -2.33. The van der Waals surface area contributed by atoms with Crippen LogP contribution in [0.2, 0.25) is 5.02 Å². The van der Waals surface area contributed by atoms with Gasteiger partial charge in [-0.15, -0.1) is 0 Å². The molecule has 1 saturated heterocycles. The molecule has 10 heteroatoms. The van der Waals surface area contributed by atoms with Gasteiger partial charge in [-0.25, -0.2) is 17.2 Å². The van der Waals surface area contributed by atoms with Gasteiger partial charge < -0.3 is 14.8 Å². The number of nitrogens with one attached hydrogen (secondary N) is 1. The SMILES string of the molecule is CC1(C)OC[C@]2(CC3CCC2[C@@H]3S(=O)(=O)c2cc(C(=O)Nc3ccc(F)c(F)c3)ccc2Cl)O1. The Balaban J connectivity index is 1.44. The summed E-state index contributed by atoms with van der Waals surface area (Å²) in [6, 6.07) is 6.95. The van der Waals surface area contributed by atoms with Crippen molar-refractivity contribution in [3.8, 4) is 0 Å². The van der Waals surface area contributed by atoms with E-state index in [2.05, 4.69) is 5.32 Å². The maximum absolute atomic E-state index is 13.8. The molecule has 2 bridgehead atoms. The third-order valence-corrected chi connectivity index (χ3v) is 9.96. The molecule has 2 aromatic rings. The molecule has 3 aliphatic rings. The van der Waals surface area contributed by atoms with Crippen molar-refractivity contribution in [3.63, 3.8) is 0 Å². The van der Waals surface area contributed by atoms with Gasteiger partial charge in [0.25, 0.3) is 5.91 Å². The first kappa shape index (κ1) is 23.7. The van der Waals surface area contributed by atoms with E-state index in [9.17, 15) is 22.0 Å². The van der Waals surface area contributed by atoms with Crippen molar-refractivity contribution < 1.29 is 31.5 Å². The molecular weight excluding hydrogens is 488 g/mol. The molecule has 1 aliphatic heterocycles. The summed E-state index contributed by atoms with van der Waals surface area (Å²) in [7, 11) is -3.90. The van der Waals surface area contributed by atoms with Crippen LogP contribution in [0.25, 0.3) is 0 Å². The molecule has 2 aliphatic carbocycles. The number of carbonyl (C=O) groups is 1. The standard InChI is InChI=1S/C24H24ClF2NO5S/c1-23(2)32-12-24(33-23)11-14-3-6-16(24)21(14)34(30,31)20-9-13(4-7-17(20)25)22(29)28-15-5-8-18(26)19(27)10-15/h4-5,7-10,14,16,21H,3,6,11-12H2,1-2H3,(H,28,29)/t14?,16?,21-,24+/m1/s1. The van der Waals surface area contributed by atoms with Crippen molar-refractivity contribution >= 4 is 33.0 Å². The van der Waals surface area contributed by atoms with Gasteiger partial charge in [0.1, 0.15) is 0 Å². The summed E-state index contributed by atoms with van der Waals surface area (Å²) in [4.78, 5) is 12.6. The number of fused-ring (bicyclic) bond motifs is 3. The number of amides is 1. The average molecular weight is 512 g/mol. The minimum absolute atomic E-state index is 0.0219. The highest BCUT2D eigenvalue weighted by Gasteiger charge is 2.66. The second-order valence-electron chi connectivity index (χ2n) is 9.74. The summed E-state index contributed by atoms with van der Waals surface area (Å²) < 4.78 is 66.3. The monoisotopic (exact) mass is 511 g/mol. The normalized spacial score (nSPS) is 29.6. The van der Waals surface area contributed by atoms with Crippen molar-refractivity contribution in [3.05, 3.63) is 58.6 Å². The Bertz CT molecular complexity index is 1280. The predicted molar refractivity (Wildman–Crippen MR) is 121 cm³/mol. The van der Waals surface area contributed by atoms with Gasteiger partial charge in [-0.3, -0.25) is 4.79 Å². The second kappa shape index (κ2) is 7.98. The highest BCUT2D eigenvalue weighted by molar-refractivity contribution is 7.92. The van der Waals surface area contributed by atoms with Gasteiger partial charge in [0.05, 0.1) is 27.4 Å². The largest absolute Gasteiger partial charge is 0.347 e. The summed E-state index contributed by atoms with van der Waals surface area (Å²) in [5.41, 5.74) is -0.562. The van der Waals surface area contributed by atoms with Gasteiger partial charge in [-0.2, -0.15) is 0 Å². The molecule has 2 aromatic carbocycles. The molecule has 4 atom stereocenters. The molecule has 1 N–H and O–H groups in total. The summed E-state index contributed by atoms with van der Waals surface area (Å²) in [5, 5.41) is 1.79. The third-order valence-electron chi connectivity index (χ3n) is 7.14. The van der Waals surface area contributed by atoms with Crippen molar-refractivity contribution in [1.82, 2.24) is 0 Å². The maximum atomic E-state index is 13.8. The van der Waals surface area contributed by atoms with Crippen LogP contribution < -0.4 is 5.32 Å². The number of rotatable bonds is 4. The van der Waals surface area contributed by atoms with Crippen LogP contribution in [0.1, 0.15) is 43.5 Å². The van der Waals surface area contributed by atoms with Gasteiger partial charge in [-0.05, 0) is 69.4 Å². The van der Waals surface area contributed by atoms with Crippen molar-refractivity contribution in [2.45, 2.75) is 54.6 Å². The molecule has 34 heavy (non-hydrogen) atoms. The molecule has 2 unspecified atom stereocenters. The molecule has 182 valence electrons. The van der Waals surface area contributed by atoms with Crippen LogP contribution in [0.15, 0.2) is 41.3 Å². The first-order valence-corrected chi connectivity index (χ1v) is 13.0. The Morgan fingerprint density at radius 3 is 2.56 bits per heavy atom. The fourth-order valence-corrected chi connectivity index (χ4v) is 8.73. The minimum Gasteiger partial charge on any atom is -0.347 e. The molecule has 6 nitrogen and oxygen atoms in total. The third kappa shape index (κ3) is 3.82. The van der Waals surface area contributed by atoms with Gasteiger partial charge in [0.15, 0.2) is 27.3 Å². The van der Waals surface area contributed by atoms with Crippen molar-refractivity contribution in [2.24, 2.45) is 11.8 Å². The average Bonchev–Trinajstić information content (AvgIpc) is 3.41. The number of hydrogen-bond acceptors (Lipinski definition) is 5. The fourth-order valence-electron chi connectivity index (χ4n) is 5.81. The molecule has 1 heterocycles. The van der Waals surface area contributed by atoms with Crippen LogP contribution in [0, 0.1) is 23.5 Å². The van der Waals surface area contributed by atoms with Crippen LogP contribution >= 0.6 is 11.6 Å². The second-order valence-corrected chi connectivity index (χ2v) is 12.2. The maximum Gasteiger partial charge on any atom is 0.255 e. The zero-order valence-electron chi connectivity index (χ0n) is 18.6. The molecule has 3 fully saturated rings. The van der Waals surface area contributed by atoms with Gasteiger partial charge in [-0.1, -0.05) is 11.6 Å². The molecule has 2 saturated carbocycles. The molecule has 0 radical (unpaired) electrons. The van der Waals surface area contributed by atoms with Gasteiger partial charge >= 0.3 is 0 Å². The van der Waals surface area contributed by atoms with E-state index in [4.69, 9.17) is 21.1 Å². The number of sulfone groups is 1. The summed E-state index contributed by atoms with van der Waals surface area (Å²) >= 11 is 6.32. The lowest BCUT2D eigenvalue weighted by atomic mass is 9.85. The van der Waals surface area contributed by atoms with Crippen molar-refractivity contribution in [1.29, 1.82) is 0 Å². The molecule has 1 amide bonds. The predicted octanol–water partition coefficient (Wildman–Crippen LogP) is 4.96. The zero-order chi connectivity index (χ0) is 24.5. The van der Waals surface area contributed by atoms with Gasteiger partial charge in [0, 0.05) is 23.2 Å². The number of anilines is 1. The Morgan fingerprint density at radius 1 is 1.12 bits per heavy atom. The van der Waals surface area contributed by atoms with Crippen LogP contribution in [0.3, 0.4) is 0 Å². The Morgan fingerprint density at radius 2 is 1.88 bits per heavy atom. The number of ether oxygens (including phenoxy) is 2. The summed E-state index contributed by atoms with van der Waals surface area (Å²) in [5.74, 6) is -3.91. The smallest absolute Gasteiger partial charge is 0.255 e. The lowest BCUT2D eigenvalue weighted by molar-refractivity contribution is -0.171. The first-order chi connectivity index (χ1) is 15.9. The highest BCUT2D eigenvalue weighted by atomic mass is 35.5. The molecule has 5 rings (SSSR count). The summed E-state index contributed by atoms with van der Waals surface area (Å²) in [6.07, 6.45) is 2.08. The lowest BCUT2D eigenvalue weighted by Crippen LogP contribution is -2.42. The van der Waals surface area contributed by atoms with E-state index >= 15 is 0 Å². The van der Waals surface area contributed by atoms with Gasteiger partial charge in [0.2, 0.25) is 0 Å². The highest BCUT2D eigenvalue weighted by Crippen LogP contribution is 2.59. The van der Waals surface area contributed by atoms with Crippen LogP contribution in [-0.2, 0) is 19.3 Å². The number of halogens is 3. The van der Waals surface area contributed by atoms with Crippen molar-refractivity contribution in [2.75, 3.05) is 11.9 Å². The minimum atomic E-state index is -3.90. The van der Waals surface area contributed by atoms with E-state index in [1.165, 1.54) is 24.3 Å². The fraction of sp³-hybridized carbons (Fsp3) is 0.458. The quantitative estimate of drug-likeness (QED) is 0.627. The van der Waals surface area contributed by atoms with E-state index in [1.54, 1.807) is 0 Å². The Labute approximate surface area is 201 Å². The number of hydrogen-bond donors (Lipinski definition) is 1. The number of carbonyl (C=O) groups excluding carboxylic acids is 1. The van der Waals surface area contributed by atoms with Crippen LogP contribution in [0.5, 0.6) is 0 Å². The zero-order valence-corrected chi connectivity index (χ0v) is 20.2. The molecular formula is C24H24ClF2NO5S. The Hall–Kier alpha value is -2.07. The van der Waals surface area contributed by atoms with E-state index in [1.807, 2.05) is 13.8 Å². The first-order valence-electron chi connectivity index (χ1n) is 11.1. The van der Waals surface area contributed by atoms with E-state index < -0.39 is 44.0 Å².